The fourth-order valence-corrected chi connectivity index (χ4v) is 3.61. The highest BCUT2D eigenvalue weighted by molar-refractivity contribution is 7.89. The van der Waals surface area contributed by atoms with Gasteiger partial charge in [0.15, 0.2) is 0 Å². The Morgan fingerprint density at radius 1 is 1.38 bits per heavy atom. The van der Waals surface area contributed by atoms with Gasteiger partial charge >= 0.3 is 5.97 Å². The molecule has 2 unspecified atom stereocenters. The number of carboxylic acid groups (broad SMARTS) is 1. The maximum atomic E-state index is 12.0. The van der Waals surface area contributed by atoms with Gasteiger partial charge in [-0.3, -0.25) is 4.79 Å². The number of sulfonamides is 1. The van der Waals surface area contributed by atoms with E-state index in [2.05, 4.69) is 4.72 Å². The summed E-state index contributed by atoms with van der Waals surface area (Å²) in [7, 11) is -3.54. The zero-order valence-corrected chi connectivity index (χ0v) is 12.4. The second-order valence-corrected chi connectivity index (χ2v) is 6.92. The van der Waals surface area contributed by atoms with Crippen molar-refractivity contribution in [2.75, 3.05) is 18.9 Å². The van der Waals surface area contributed by atoms with Crippen molar-refractivity contribution in [1.29, 1.82) is 0 Å². The molecule has 2 rings (SSSR count). The maximum absolute atomic E-state index is 12.0. The number of hydrogen-bond donors (Lipinski definition) is 2. The van der Waals surface area contributed by atoms with E-state index in [1.807, 2.05) is 0 Å². The van der Waals surface area contributed by atoms with Crippen LogP contribution in [0.2, 0.25) is 0 Å². The molecule has 1 fully saturated rings. The summed E-state index contributed by atoms with van der Waals surface area (Å²) >= 11 is 0. The minimum atomic E-state index is -3.54. The molecule has 0 amide bonds. The summed E-state index contributed by atoms with van der Waals surface area (Å²) in [5.41, 5.74) is 0.574. The minimum Gasteiger partial charge on any atom is -0.481 e. The van der Waals surface area contributed by atoms with Crippen molar-refractivity contribution < 1.29 is 23.1 Å². The first kappa shape index (κ1) is 15.9. The highest BCUT2D eigenvalue weighted by Crippen LogP contribution is 2.16. The predicted molar refractivity (Wildman–Crippen MR) is 77.6 cm³/mol. The van der Waals surface area contributed by atoms with Gasteiger partial charge in [-0.1, -0.05) is 30.3 Å². The average molecular weight is 313 g/mol. The molecule has 1 aromatic carbocycles. The fraction of sp³-hybridized carbons (Fsp3) is 0.500. The lowest BCUT2D eigenvalue weighted by Crippen LogP contribution is -2.36. The molecule has 116 valence electrons. The van der Waals surface area contributed by atoms with E-state index >= 15 is 0 Å². The van der Waals surface area contributed by atoms with E-state index in [1.165, 1.54) is 0 Å². The second kappa shape index (κ2) is 7.02. The molecule has 2 N–H and O–H groups in total. The maximum Gasteiger partial charge on any atom is 0.312 e. The van der Waals surface area contributed by atoms with E-state index < -0.39 is 21.9 Å². The first-order valence-corrected chi connectivity index (χ1v) is 8.50. The van der Waals surface area contributed by atoms with Gasteiger partial charge in [0.1, 0.15) is 0 Å². The highest BCUT2D eigenvalue weighted by Gasteiger charge is 2.26. The van der Waals surface area contributed by atoms with Crippen molar-refractivity contribution >= 4 is 16.0 Å². The molecule has 0 radical (unpaired) electrons. The summed E-state index contributed by atoms with van der Waals surface area (Å²) in [6.45, 7) is 0.427. The van der Waals surface area contributed by atoms with Crippen LogP contribution in [0.1, 0.15) is 24.3 Å². The van der Waals surface area contributed by atoms with Crippen LogP contribution in [0.15, 0.2) is 30.3 Å². The van der Waals surface area contributed by atoms with Crippen LogP contribution in [0.25, 0.3) is 0 Å². The molecule has 7 heteroatoms. The smallest absolute Gasteiger partial charge is 0.312 e. The van der Waals surface area contributed by atoms with Crippen LogP contribution in [0.3, 0.4) is 0 Å². The summed E-state index contributed by atoms with van der Waals surface area (Å²) in [5.74, 6) is -2.07. The van der Waals surface area contributed by atoms with Crippen LogP contribution in [0.5, 0.6) is 0 Å². The number of benzene rings is 1. The Morgan fingerprint density at radius 2 is 2.10 bits per heavy atom. The average Bonchev–Trinajstić information content (AvgIpc) is 2.91. The molecule has 1 aliphatic rings. The lowest BCUT2D eigenvalue weighted by Gasteiger charge is -2.15. The Bertz CT molecular complexity index is 566. The number of hydrogen-bond acceptors (Lipinski definition) is 4. The zero-order valence-electron chi connectivity index (χ0n) is 11.6. The normalized spacial score (nSPS) is 20.3. The van der Waals surface area contributed by atoms with E-state index in [4.69, 9.17) is 4.74 Å². The Balaban J connectivity index is 1.96. The third kappa shape index (κ3) is 4.80. The summed E-state index contributed by atoms with van der Waals surface area (Å²) in [6, 6.07) is 8.59. The first-order valence-electron chi connectivity index (χ1n) is 6.84. The lowest BCUT2D eigenvalue weighted by atomic mass is 10.00. The summed E-state index contributed by atoms with van der Waals surface area (Å²) < 4.78 is 31.6. The van der Waals surface area contributed by atoms with Crippen molar-refractivity contribution in [3.05, 3.63) is 35.9 Å². The van der Waals surface area contributed by atoms with Crippen LogP contribution in [-0.2, 0) is 19.6 Å². The summed E-state index contributed by atoms with van der Waals surface area (Å²) in [4.78, 5) is 11.3. The topological polar surface area (TPSA) is 92.7 Å². The van der Waals surface area contributed by atoms with Gasteiger partial charge < -0.3 is 9.84 Å². The van der Waals surface area contributed by atoms with Gasteiger partial charge in [-0.2, -0.15) is 0 Å². The largest absolute Gasteiger partial charge is 0.481 e. The highest BCUT2D eigenvalue weighted by atomic mass is 32.2. The number of rotatable bonds is 7. The Morgan fingerprint density at radius 3 is 2.67 bits per heavy atom. The Labute approximate surface area is 124 Å². The van der Waals surface area contributed by atoms with E-state index in [1.54, 1.807) is 30.3 Å². The Hall–Kier alpha value is -1.44. The van der Waals surface area contributed by atoms with Crippen LogP contribution in [0.4, 0.5) is 0 Å². The van der Waals surface area contributed by atoms with E-state index in [0.717, 1.165) is 12.8 Å². The monoisotopic (exact) mass is 313 g/mol. The van der Waals surface area contributed by atoms with Crippen molar-refractivity contribution in [3.8, 4) is 0 Å². The van der Waals surface area contributed by atoms with Crippen molar-refractivity contribution in [1.82, 2.24) is 4.72 Å². The second-order valence-electron chi connectivity index (χ2n) is 5.07. The third-order valence-corrected chi connectivity index (χ3v) is 4.85. The molecule has 0 bridgehead atoms. The van der Waals surface area contributed by atoms with Gasteiger partial charge in [0.05, 0.1) is 17.8 Å². The van der Waals surface area contributed by atoms with Crippen LogP contribution >= 0.6 is 0 Å². The number of ether oxygens (including phenoxy) is 1. The minimum absolute atomic E-state index is 0.117. The SMILES string of the molecule is O=C(O)C(CNS(=O)(=O)CC1CCCO1)c1ccccc1. The molecule has 1 saturated heterocycles. The molecule has 0 aromatic heterocycles. The standard InChI is InChI=1S/C14H19NO5S/c16-14(17)13(11-5-2-1-3-6-11)9-15-21(18,19)10-12-7-4-8-20-12/h1-3,5-6,12-13,15H,4,7-10H2,(H,16,17). The molecule has 0 spiro atoms. The van der Waals surface area contributed by atoms with Gasteiger partial charge in [0, 0.05) is 13.2 Å². The quantitative estimate of drug-likeness (QED) is 0.782. The predicted octanol–water partition coefficient (Wildman–Crippen LogP) is 0.953. The number of nitrogens with one attached hydrogen (secondary N) is 1. The van der Waals surface area contributed by atoms with E-state index in [9.17, 15) is 18.3 Å². The lowest BCUT2D eigenvalue weighted by molar-refractivity contribution is -0.138. The first-order chi connectivity index (χ1) is 9.98. The number of carboxylic acids is 1. The summed E-state index contributed by atoms with van der Waals surface area (Å²) in [5, 5.41) is 9.25. The van der Waals surface area contributed by atoms with Gasteiger partial charge in [0.25, 0.3) is 0 Å². The van der Waals surface area contributed by atoms with Crippen molar-refractivity contribution in [2.24, 2.45) is 0 Å². The van der Waals surface area contributed by atoms with Gasteiger partial charge in [-0.05, 0) is 18.4 Å². The van der Waals surface area contributed by atoms with Crippen molar-refractivity contribution in [2.45, 2.75) is 24.9 Å². The molecule has 21 heavy (non-hydrogen) atoms. The summed E-state index contributed by atoms with van der Waals surface area (Å²) in [6.07, 6.45) is 1.30. The number of carbonyl (C=O) groups is 1. The van der Waals surface area contributed by atoms with Gasteiger partial charge in [-0.25, -0.2) is 13.1 Å². The number of aliphatic carboxylic acids is 1. The molecule has 6 nitrogen and oxygen atoms in total. The molecular formula is C14H19NO5S. The third-order valence-electron chi connectivity index (χ3n) is 3.44. The zero-order chi connectivity index (χ0) is 15.3. The molecule has 1 heterocycles. The molecule has 0 aliphatic carbocycles. The van der Waals surface area contributed by atoms with Crippen LogP contribution in [0, 0.1) is 0 Å². The van der Waals surface area contributed by atoms with Crippen LogP contribution in [-0.4, -0.2) is 44.5 Å². The van der Waals surface area contributed by atoms with Gasteiger partial charge in [0.2, 0.25) is 10.0 Å². The van der Waals surface area contributed by atoms with E-state index in [-0.39, 0.29) is 18.4 Å². The molecule has 2 atom stereocenters. The molecular weight excluding hydrogens is 294 g/mol. The fourth-order valence-electron chi connectivity index (χ4n) is 2.32. The van der Waals surface area contributed by atoms with Gasteiger partial charge in [-0.15, -0.1) is 0 Å². The Kier molecular flexibility index (Phi) is 5.33. The molecule has 0 saturated carbocycles. The van der Waals surface area contributed by atoms with E-state index in [0.29, 0.717) is 12.2 Å². The van der Waals surface area contributed by atoms with Crippen LogP contribution < -0.4 is 4.72 Å². The molecule has 1 aromatic rings. The van der Waals surface area contributed by atoms with Crippen molar-refractivity contribution in [3.63, 3.8) is 0 Å². The molecule has 1 aliphatic heterocycles.